The Labute approximate surface area is 140 Å². The Morgan fingerprint density at radius 2 is 2.00 bits per heavy atom. The van der Waals surface area contributed by atoms with Gasteiger partial charge < -0.3 is 10.1 Å². The monoisotopic (exact) mass is 351 g/mol. The van der Waals surface area contributed by atoms with E-state index in [-0.39, 0.29) is 11.0 Å². The predicted octanol–water partition coefficient (Wildman–Crippen LogP) is 2.61. The lowest BCUT2D eigenvalue weighted by Gasteiger charge is -2.12. The summed E-state index contributed by atoms with van der Waals surface area (Å²) in [6.07, 6.45) is 3.73. The van der Waals surface area contributed by atoms with Crippen molar-refractivity contribution in [2.45, 2.75) is 23.8 Å². The summed E-state index contributed by atoms with van der Waals surface area (Å²) in [7, 11) is -3.77. The van der Waals surface area contributed by atoms with Crippen LogP contribution in [-0.2, 0) is 14.8 Å². The average Bonchev–Trinajstić information content (AvgIpc) is 3.08. The van der Waals surface area contributed by atoms with Crippen LogP contribution in [0.3, 0.4) is 0 Å². The number of anilines is 2. The lowest BCUT2D eigenvalue weighted by molar-refractivity contribution is 0.120. The van der Waals surface area contributed by atoms with Crippen molar-refractivity contribution < 1.29 is 17.5 Å². The van der Waals surface area contributed by atoms with Crippen molar-refractivity contribution in [1.29, 1.82) is 0 Å². The molecule has 0 bridgehead atoms. The summed E-state index contributed by atoms with van der Waals surface area (Å²) in [5.41, 5.74) is 0.335. The van der Waals surface area contributed by atoms with Crippen LogP contribution in [0.1, 0.15) is 12.8 Å². The van der Waals surface area contributed by atoms with Crippen molar-refractivity contribution in [3.63, 3.8) is 0 Å². The maximum atomic E-state index is 12.9. The molecule has 0 saturated carbocycles. The molecular formula is C16H18FN3O3S. The van der Waals surface area contributed by atoms with E-state index in [1.165, 1.54) is 18.3 Å². The molecule has 0 radical (unpaired) electrons. The van der Waals surface area contributed by atoms with E-state index in [2.05, 4.69) is 15.0 Å². The number of halogens is 1. The van der Waals surface area contributed by atoms with Gasteiger partial charge in [-0.2, -0.15) is 0 Å². The highest BCUT2D eigenvalue weighted by molar-refractivity contribution is 7.92. The van der Waals surface area contributed by atoms with Gasteiger partial charge in [-0.15, -0.1) is 0 Å². The molecule has 6 nitrogen and oxygen atoms in total. The van der Waals surface area contributed by atoms with Gasteiger partial charge in [-0.1, -0.05) is 0 Å². The lowest BCUT2D eigenvalue weighted by atomic mass is 10.2. The number of benzene rings is 1. The number of rotatable bonds is 6. The summed E-state index contributed by atoms with van der Waals surface area (Å²) in [6.45, 7) is 1.47. The zero-order valence-corrected chi connectivity index (χ0v) is 13.7. The Bertz CT molecular complexity index is 773. The van der Waals surface area contributed by atoms with Gasteiger partial charge in [0.05, 0.1) is 22.9 Å². The molecule has 0 spiro atoms. The van der Waals surface area contributed by atoms with Crippen molar-refractivity contribution in [3.05, 3.63) is 48.4 Å². The van der Waals surface area contributed by atoms with Gasteiger partial charge in [0.1, 0.15) is 11.6 Å². The Morgan fingerprint density at radius 1 is 1.21 bits per heavy atom. The fraction of sp³-hybridized carbons (Fsp3) is 0.312. The van der Waals surface area contributed by atoms with Gasteiger partial charge in [-0.3, -0.25) is 4.72 Å². The maximum absolute atomic E-state index is 12.9. The molecule has 24 heavy (non-hydrogen) atoms. The van der Waals surface area contributed by atoms with Crippen molar-refractivity contribution in [3.8, 4) is 0 Å². The standard InChI is InChI=1S/C16H18FN3O3S/c17-12-3-6-15(7-4-12)24(21,22)20-13-5-8-16(18-10-13)19-11-14-2-1-9-23-14/h3-8,10,14,20H,1-2,9,11H2,(H,18,19). The van der Waals surface area contributed by atoms with Crippen LogP contribution in [0.5, 0.6) is 0 Å². The molecule has 1 unspecified atom stereocenters. The third kappa shape index (κ3) is 4.21. The number of nitrogens with one attached hydrogen (secondary N) is 2. The maximum Gasteiger partial charge on any atom is 0.261 e. The molecule has 128 valence electrons. The number of aromatic nitrogens is 1. The molecule has 1 aliphatic heterocycles. The number of ether oxygens (including phenoxy) is 1. The number of pyridine rings is 1. The van der Waals surface area contributed by atoms with Gasteiger partial charge in [-0.05, 0) is 49.2 Å². The van der Waals surface area contributed by atoms with Gasteiger partial charge in [0.25, 0.3) is 10.0 Å². The van der Waals surface area contributed by atoms with Crippen LogP contribution in [0.25, 0.3) is 0 Å². The first-order chi connectivity index (χ1) is 11.5. The minimum Gasteiger partial charge on any atom is -0.376 e. The van der Waals surface area contributed by atoms with E-state index in [0.717, 1.165) is 31.6 Å². The van der Waals surface area contributed by atoms with E-state index in [1.807, 2.05) is 0 Å². The molecule has 8 heteroatoms. The van der Waals surface area contributed by atoms with E-state index in [0.29, 0.717) is 18.1 Å². The molecule has 0 amide bonds. The largest absolute Gasteiger partial charge is 0.376 e. The van der Waals surface area contributed by atoms with Crippen molar-refractivity contribution in [2.75, 3.05) is 23.2 Å². The molecule has 1 aromatic heterocycles. The van der Waals surface area contributed by atoms with E-state index in [4.69, 9.17) is 4.74 Å². The second-order valence-corrected chi connectivity index (χ2v) is 7.19. The summed E-state index contributed by atoms with van der Waals surface area (Å²) in [5, 5.41) is 3.16. The topological polar surface area (TPSA) is 80.3 Å². The molecule has 2 heterocycles. The van der Waals surface area contributed by atoms with Gasteiger partial charge in [0, 0.05) is 13.2 Å². The molecule has 0 aliphatic carbocycles. The minimum atomic E-state index is -3.77. The van der Waals surface area contributed by atoms with Gasteiger partial charge in [0.15, 0.2) is 0 Å². The predicted molar refractivity (Wildman–Crippen MR) is 88.9 cm³/mol. The van der Waals surface area contributed by atoms with E-state index in [1.54, 1.807) is 12.1 Å². The van der Waals surface area contributed by atoms with E-state index >= 15 is 0 Å². The van der Waals surface area contributed by atoms with Gasteiger partial charge >= 0.3 is 0 Å². The van der Waals surface area contributed by atoms with Crippen LogP contribution in [0.2, 0.25) is 0 Å². The minimum absolute atomic E-state index is 0.00974. The Hall–Kier alpha value is -2.19. The van der Waals surface area contributed by atoms with Crippen LogP contribution in [0, 0.1) is 5.82 Å². The SMILES string of the molecule is O=S(=O)(Nc1ccc(NCC2CCCO2)nc1)c1ccc(F)cc1. The van der Waals surface area contributed by atoms with E-state index in [9.17, 15) is 12.8 Å². The Balaban J connectivity index is 1.61. The number of nitrogens with zero attached hydrogens (tertiary/aromatic N) is 1. The molecule has 1 aromatic carbocycles. The van der Waals surface area contributed by atoms with Crippen LogP contribution in [0.4, 0.5) is 15.9 Å². The summed E-state index contributed by atoms with van der Waals surface area (Å²) in [4.78, 5) is 4.17. The van der Waals surface area contributed by atoms with Gasteiger partial charge in [-0.25, -0.2) is 17.8 Å². The highest BCUT2D eigenvalue weighted by atomic mass is 32.2. The molecule has 1 saturated heterocycles. The summed E-state index contributed by atoms with van der Waals surface area (Å²) in [6, 6.07) is 7.93. The number of sulfonamides is 1. The molecule has 1 aliphatic rings. The molecule has 3 rings (SSSR count). The van der Waals surface area contributed by atoms with Gasteiger partial charge in [0.2, 0.25) is 0 Å². The normalized spacial score (nSPS) is 17.6. The second-order valence-electron chi connectivity index (χ2n) is 5.51. The summed E-state index contributed by atoms with van der Waals surface area (Å²) >= 11 is 0. The highest BCUT2D eigenvalue weighted by Crippen LogP contribution is 2.18. The molecule has 1 fully saturated rings. The van der Waals surface area contributed by atoms with Crippen LogP contribution < -0.4 is 10.0 Å². The third-order valence-electron chi connectivity index (χ3n) is 3.67. The Morgan fingerprint density at radius 3 is 2.62 bits per heavy atom. The van der Waals surface area contributed by atoms with Crippen molar-refractivity contribution >= 4 is 21.5 Å². The van der Waals surface area contributed by atoms with Crippen LogP contribution in [-0.4, -0.2) is 32.7 Å². The van der Waals surface area contributed by atoms with E-state index < -0.39 is 15.8 Å². The average molecular weight is 351 g/mol. The number of hydrogen-bond acceptors (Lipinski definition) is 5. The molecular weight excluding hydrogens is 333 g/mol. The third-order valence-corrected chi connectivity index (χ3v) is 5.07. The quantitative estimate of drug-likeness (QED) is 0.836. The number of hydrogen-bond donors (Lipinski definition) is 2. The smallest absolute Gasteiger partial charge is 0.261 e. The molecule has 2 N–H and O–H groups in total. The van der Waals surface area contributed by atoms with Crippen molar-refractivity contribution in [1.82, 2.24) is 4.98 Å². The zero-order valence-electron chi connectivity index (χ0n) is 12.9. The summed E-state index contributed by atoms with van der Waals surface area (Å²) < 4.78 is 45.2. The summed E-state index contributed by atoms with van der Waals surface area (Å²) in [5.74, 6) is 0.160. The van der Waals surface area contributed by atoms with Crippen molar-refractivity contribution in [2.24, 2.45) is 0 Å². The first kappa shape index (κ1) is 16.7. The Kier molecular flexibility index (Phi) is 4.96. The molecule has 1 atom stereocenters. The molecule has 2 aromatic rings. The highest BCUT2D eigenvalue weighted by Gasteiger charge is 2.16. The fourth-order valence-corrected chi connectivity index (χ4v) is 3.45. The van der Waals surface area contributed by atoms with Crippen LogP contribution >= 0.6 is 0 Å². The first-order valence-electron chi connectivity index (χ1n) is 7.63. The van der Waals surface area contributed by atoms with Crippen LogP contribution in [0.15, 0.2) is 47.5 Å². The fourth-order valence-electron chi connectivity index (χ4n) is 2.41. The lowest BCUT2D eigenvalue weighted by Crippen LogP contribution is -2.19. The first-order valence-corrected chi connectivity index (χ1v) is 9.11. The second kappa shape index (κ2) is 7.14. The zero-order chi connectivity index (χ0) is 17.0.